The van der Waals surface area contributed by atoms with Crippen molar-refractivity contribution in [2.75, 3.05) is 39.7 Å². The van der Waals surface area contributed by atoms with Crippen molar-refractivity contribution in [3.8, 4) is 17.2 Å². The van der Waals surface area contributed by atoms with Gasteiger partial charge in [-0.05, 0) is 42.5 Å². The SMILES string of the molecule is COc1ccc(NC(=O)C2CCN(C(=O)c3ccc(OC)c4ccccc34)CC2)c(OC)c1. The lowest BCUT2D eigenvalue weighted by atomic mass is 9.94. The van der Waals surface area contributed by atoms with Crippen LogP contribution in [-0.4, -0.2) is 51.1 Å². The van der Waals surface area contributed by atoms with E-state index in [0.717, 1.165) is 16.5 Å². The van der Waals surface area contributed by atoms with Gasteiger partial charge in [-0.2, -0.15) is 0 Å². The third-order valence-corrected chi connectivity index (χ3v) is 6.15. The molecule has 2 amide bonds. The molecule has 172 valence electrons. The molecule has 1 aliphatic heterocycles. The van der Waals surface area contributed by atoms with Gasteiger partial charge in [-0.15, -0.1) is 0 Å². The van der Waals surface area contributed by atoms with Crippen LogP contribution in [0.3, 0.4) is 0 Å². The van der Waals surface area contributed by atoms with Crippen LogP contribution >= 0.6 is 0 Å². The number of carbonyl (C=O) groups excluding carboxylic acids is 2. The molecule has 1 aliphatic rings. The number of ether oxygens (including phenoxy) is 3. The second kappa shape index (κ2) is 9.81. The molecule has 3 aromatic rings. The summed E-state index contributed by atoms with van der Waals surface area (Å²) >= 11 is 0. The lowest BCUT2D eigenvalue weighted by Gasteiger charge is -2.32. The van der Waals surface area contributed by atoms with E-state index >= 15 is 0 Å². The molecule has 0 aliphatic carbocycles. The molecule has 33 heavy (non-hydrogen) atoms. The fourth-order valence-corrected chi connectivity index (χ4v) is 4.29. The van der Waals surface area contributed by atoms with E-state index in [1.165, 1.54) is 0 Å². The van der Waals surface area contributed by atoms with E-state index in [1.807, 2.05) is 41.3 Å². The lowest BCUT2D eigenvalue weighted by molar-refractivity contribution is -0.121. The highest BCUT2D eigenvalue weighted by Gasteiger charge is 2.29. The van der Waals surface area contributed by atoms with Gasteiger partial charge in [-0.1, -0.05) is 24.3 Å². The first-order chi connectivity index (χ1) is 16.0. The zero-order valence-corrected chi connectivity index (χ0v) is 19.1. The Bertz CT molecular complexity index is 1170. The third kappa shape index (κ3) is 4.58. The summed E-state index contributed by atoms with van der Waals surface area (Å²) in [5.74, 6) is 1.68. The first-order valence-corrected chi connectivity index (χ1v) is 10.9. The number of amides is 2. The number of benzene rings is 3. The van der Waals surface area contributed by atoms with Crippen LogP contribution in [0.5, 0.6) is 17.2 Å². The Morgan fingerprint density at radius 1 is 0.848 bits per heavy atom. The fourth-order valence-electron chi connectivity index (χ4n) is 4.29. The summed E-state index contributed by atoms with van der Waals surface area (Å²) in [6.07, 6.45) is 1.20. The van der Waals surface area contributed by atoms with Crippen molar-refractivity contribution < 1.29 is 23.8 Å². The molecule has 1 saturated heterocycles. The minimum Gasteiger partial charge on any atom is -0.497 e. The predicted molar refractivity (Wildman–Crippen MR) is 127 cm³/mol. The molecule has 0 radical (unpaired) electrons. The third-order valence-electron chi connectivity index (χ3n) is 6.15. The molecule has 0 saturated carbocycles. The van der Waals surface area contributed by atoms with Gasteiger partial charge in [0, 0.05) is 36.0 Å². The second-order valence-corrected chi connectivity index (χ2v) is 7.98. The zero-order chi connectivity index (χ0) is 23.4. The molecule has 0 spiro atoms. The standard InChI is InChI=1S/C26H28N2O5/c1-31-18-8-10-22(24(16-18)33-3)27-25(29)17-12-14-28(15-13-17)26(30)21-9-11-23(32-2)20-7-5-4-6-19(20)21/h4-11,16-17H,12-15H2,1-3H3,(H,27,29). The summed E-state index contributed by atoms with van der Waals surface area (Å²) in [6, 6.07) is 16.7. The number of likely N-dealkylation sites (tertiary alicyclic amines) is 1. The van der Waals surface area contributed by atoms with Gasteiger partial charge in [-0.25, -0.2) is 0 Å². The largest absolute Gasteiger partial charge is 0.497 e. The van der Waals surface area contributed by atoms with Crippen LogP contribution in [0, 0.1) is 5.92 Å². The van der Waals surface area contributed by atoms with Gasteiger partial charge in [0.05, 0.1) is 27.0 Å². The summed E-state index contributed by atoms with van der Waals surface area (Å²) in [5.41, 5.74) is 1.25. The van der Waals surface area contributed by atoms with E-state index in [9.17, 15) is 9.59 Å². The Labute approximate surface area is 193 Å². The van der Waals surface area contributed by atoms with Gasteiger partial charge in [0.1, 0.15) is 17.2 Å². The smallest absolute Gasteiger partial charge is 0.254 e. The second-order valence-electron chi connectivity index (χ2n) is 7.98. The highest BCUT2D eigenvalue weighted by molar-refractivity contribution is 6.08. The molecular weight excluding hydrogens is 420 g/mol. The quantitative estimate of drug-likeness (QED) is 0.607. The molecule has 1 fully saturated rings. The van der Waals surface area contributed by atoms with E-state index < -0.39 is 0 Å². The van der Waals surface area contributed by atoms with Crippen molar-refractivity contribution in [1.82, 2.24) is 4.90 Å². The molecule has 3 aromatic carbocycles. The molecule has 7 heteroatoms. The number of carbonyl (C=O) groups is 2. The molecule has 1 N–H and O–H groups in total. The van der Waals surface area contributed by atoms with Gasteiger partial charge < -0.3 is 24.4 Å². The maximum absolute atomic E-state index is 13.3. The number of anilines is 1. The molecule has 0 aromatic heterocycles. The Morgan fingerprint density at radius 2 is 1.55 bits per heavy atom. The summed E-state index contributed by atoms with van der Waals surface area (Å²) in [5, 5.41) is 4.74. The van der Waals surface area contributed by atoms with Crippen LogP contribution in [0.4, 0.5) is 5.69 Å². The monoisotopic (exact) mass is 448 g/mol. The van der Waals surface area contributed by atoms with E-state index in [-0.39, 0.29) is 17.7 Å². The highest BCUT2D eigenvalue weighted by Crippen LogP contribution is 2.32. The van der Waals surface area contributed by atoms with Crippen LogP contribution in [0.25, 0.3) is 10.8 Å². The van der Waals surface area contributed by atoms with Crippen LogP contribution in [0.15, 0.2) is 54.6 Å². The average molecular weight is 449 g/mol. The molecule has 1 heterocycles. The number of hydrogen-bond donors (Lipinski definition) is 1. The number of hydrogen-bond acceptors (Lipinski definition) is 5. The van der Waals surface area contributed by atoms with Gasteiger partial charge in [0.25, 0.3) is 5.91 Å². The molecule has 0 bridgehead atoms. The minimum absolute atomic E-state index is 0.0236. The molecule has 4 rings (SSSR count). The van der Waals surface area contributed by atoms with Crippen molar-refractivity contribution in [3.05, 3.63) is 60.2 Å². The van der Waals surface area contributed by atoms with Crippen LogP contribution in [-0.2, 0) is 4.79 Å². The first-order valence-electron chi connectivity index (χ1n) is 10.9. The van der Waals surface area contributed by atoms with E-state index in [2.05, 4.69) is 5.32 Å². The Kier molecular flexibility index (Phi) is 6.68. The van der Waals surface area contributed by atoms with Crippen molar-refractivity contribution >= 4 is 28.3 Å². The average Bonchev–Trinajstić information content (AvgIpc) is 2.87. The van der Waals surface area contributed by atoms with Crippen LogP contribution in [0.2, 0.25) is 0 Å². The Morgan fingerprint density at radius 3 is 2.21 bits per heavy atom. The van der Waals surface area contributed by atoms with E-state index in [0.29, 0.717) is 48.7 Å². The molecule has 7 nitrogen and oxygen atoms in total. The summed E-state index contributed by atoms with van der Waals surface area (Å²) in [7, 11) is 4.76. The Hall–Kier alpha value is -3.74. The van der Waals surface area contributed by atoms with Crippen molar-refractivity contribution in [2.24, 2.45) is 5.92 Å². The van der Waals surface area contributed by atoms with Crippen molar-refractivity contribution in [3.63, 3.8) is 0 Å². The van der Waals surface area contributed by atoms with Crippen LogP contribution < -0.4 is 19.5 Å². The number of methoxy groups -OCH3 is 3. The summed E-state index contributed by atoms with van der Waals surface area (Å²) < 4.78 is 16.0. The van der Waals surface area contributed by atoms with Crippen molar-refractivity contribution in [1.29, 1.82) is 0 Å². The topological polar surface area (TPSA) is 77.1 Å². The van der Waals surface area contributed by atoms with Gasteiger partial charge in [-0.3, -0.25) is 9.59 Å². The summed E-state index contributed by atoms with van der Waals surface area (Å²) in [4.78, 5) is 28.0. The van der Waals surface area contributed by atoms with E-state index in [1.54, 1.807) is 39.5 Å². The maximum atomic E-state index is 13.3. The zero-order valence-electron chi connectivity index (χ0n) is 19.1. The number of rotatable bonds is 6. The lowest BCUT2D eigenvalue weighted by Crippen LogP contribution is -2.41. The van der Waals surface area contributed by atoms with E-state index in [4.69, 9.17) is 14.2 Å². The normalized spacial score (nSPS) is 14.1. The van der Waals surface area contributed by atoms with Crippen molar-refractivity contribution in [2.45, 2.75) is 12.8 Å². The van der Waals surface area contributed by atoms with Crippen LogP contribution in [0.1, 0.15) is 23.2 Å². The molecular formula is C26H28N2O5. The summed E-state index contributed by atoms with van der Waals surface area (Å²) in [6.45, 7) is 1.05. The molecule has 0 unspecified atom stereocenters. The number of nitrogens with zero attached hydrogens (tertiary/aromatic N) is 1. The number of piperidine rings is 1. The number of nitrogens with one attached hydrogen (secondary N) is 1. The Balaban J connectivity index is 1.43. The minimum atomic E-state index is -0.173. The van der Waals surface area contributed by atoms with Gasteiger partial charge in [0.15, 0.2) is 0 Å². The van der Waals surface area contributed by atoms with Gasteiger partial charge >= 0.3 is 0 Å². The first kappa shape index (κ1) is 22.5. The van der Waals surface area contributed by atoms with Gasteiger partial charge in [0.2, 0.25) is 5.91 Å². The predicted octanol–water partition coefficient (Wildman–Crippen LogP) is 4.36. The highest BCUT2D eigenvalue weighted by atomic mass is 16.5. The number of fused-ring (bicyclic) bond motifs is 1. The maximum Gasteiger partial charge on any atom is 0.254 e. The molecule has 0 atom stereocenters. The fraction of sp³-hybridized carbons (Fsp3) is 0.308.